The number of allylic oxidation sites excluding steroid dienone is 2. The molecule has 0 unspecified atom stereocenters. The number of nitro groups is 1. The summed E-state index contributed by atoms with van der Waals surface area (Å²) in [7, 11) is 0. The fraction of sp³-hybridized carbons (Fsp3) is 0.167. The van der Waals surface area contributed by atoms with Crippen LogP contribution in [0.5, 0.6) is 0 Å². The van der Waals surface area contributed by atoms with E-state index >= 15 is 0 Å². The van der Waals surface area contributed by atoms with E-state index in [-0.39, 0.29) is 17.2 Å². The molecule has 3 rings (SSSR count). The van der Waals surface area contributed by atoms with E-state index in [0.717, 1.165) is 24.8 Å². The molecular weight excluding hydrogens is 392 g/mol. The summed E-state index contributed by atoms with van der Waals surface area (Å²) in [5.41, 5.74) is 8.82. The monoisotopic (exact) mass is 416 g/mol. The highest BCUT2D eigenvalue weighted by Gasteiger charge is 2.08. The lowest BCUT2D eigenvalue weighted by atomic mass is 10.0. The van der Waals surface area contributed by atoms with Crippen LogP contribution in [-0.2, 0) is 12.8 Å². The van der Waals surface area contributed by atoms with Gasteiger partial charge in [-0.05, 0) is 55.0 Å². The van der Waals surface area contributed by atoms with Crippen molar-refractivity contribution in [3.8, 4) is 0 Å². The van der Waals surface area contributed by atoms with Gasteiger partial charge in [-0.15, -0.1) is 0 Å². The van der Waals surface area contributed by atoms with Crippen LogP contribution in [0, 0.1) is 10.1 Å². The van der Waals surface area contributed by atoms with Gasteiger partial charge < -0.3 is 5.73 Å². The molecule has 0 saturated heterocycles. The zero-order valence-electron chi connectivity index (χ0n) is 17.0. The lowest BCUT2D eigenvalue weighted by Gasteiger charge is -2.06. The number of hydrogen-bond acceptors (Lipinski definition) is 5. The van der Waals surface area contributed by atoms with Crippen LogP contribution in [0.25, 0.3) is 12.2 Å². The number of rotatable bonds is 9. The minimum absolute atomic E-state index is 0.0489. The standard InChI is InChI=1S/C24H24N4O3/c25-24-26-22(13-7-5-11-19-14-16-20(17-15-19)28(30)31)21(23(29)27-24)12-6-4-10-18-8-2-1-3-9-18/h1-3,5,7-9,11,13-17H,4,6,10,12H2,(H3,25,26,27,29)/b11-5+,13-7+. The topological polar surface area (TPSA) is 115 Å². The lowest BCUT2D eigenvalue weighted by Crippen LogP contribution is -2.18. The van der Waals surface area contributed by atoms with Crippen LogP contribution < -0.4 is 11.3 Å². The number of aryl methyl sites for hydroxylation is 1. The van der Waals surface area contributed by atoms with Crippen molar-refractivity contribution in [1.29, 1.82) is 0 Å². The zero-order chi connectivity index (χ0) is 22.1. The first-order valence-corrected chi connectivity index (χ1v) is 10.0. The van der Waals surface area contributed by atoms with Crippen molar-refractivity contribution in [3.05, 3.63) is 110 Å². The van der Waals surface area contributed by atoms with Gasteiger partial charge in [-0.3, -0.25) is 19.9 Å². The van der Waals surface area contributed by atoms with Gasteiger partial charge in [-0.2, -0.15) is 0 Å². The lowest BCUT2D eigenvalue weighted by molar-refractivity contribution is -0.384. The van der Waals surface area contributed by atoms with E-state index in [2.05, 4.69) is 22.1 Å². The molecule has 0 aliphatic heterocycles. The number of H-pyrrole nitrogens is 1. The molecular formula is C24H24N4O3. The normalized spacial score (nSPS) is 11.4. The first-order chi connectivity index (χ1) is 15.0. The van der Waals surface area contributed by atoms with Crippen LogP contribution in [0.3, 0.4) is 0 Å². The van der Waals surface area contributed by atoms with E-state index in [9.17, 15) is 14.9 Å². The van der Waals surface area contributed by atoms with Crippen molar-refractivity contribution in [2.75, 3.05) is 5.73 Å². The van der Waals surface area contributed by atoms with Crippen LogP contribution in [0.4, 0.5) is 11.6 Å². The summed E-state index contributed by atoms with van der Waals surface area (Å²) in [6, 6.07) is 16.5. The Hall–Kier alpha value is -4.00. The van der Waals surface area contributed by atoms with Gasteiger partial charge in [0.2, 0.25) is 5.95 Å². The van der Waals surface area contributed by atoms with E-state index in [1.54, 1.807) is 30.4 Å². The molecule has 31 heavy (non-hydrogen) atoms. The Bertz CT molecular complexity index is 1130. The Kier molecular flexibility index (Phi) is 7.48. The maximum atomic E-state index is 12.4. The van der Waals surface area contributed by atoms with Crippen molar-refractivity contribution in [2.24, 2.45) is 0 Å². The summed E-state index contributed by atoms with van der Waals surface area (Å²) in [6.07, 6.45) is 10.5. The summed E-state index contributed by atoms with van der Waals surface area (Å²) in [5, 5.41) is 10.7. The maximum Gasteiger partial charge on any atom is 0.269 e. The summed E-state index contributed by atoms with van der Waals surface area (Å²) in [6.45, 7) is 0. The second-order valence-electron chi connectivity index (χ2n) is 7.07. The smallest absolute Gasteiger partial charge is 0.269 e. The maximum absolute atomic E-state index is 12.4. The Labute approximate surface area is 180 Å². The number of nitrogens with zero attached hydrogens (tertiary/aromatic N) is 2. The van der Waals surface area contributed by atoms with Crippen LogP contribution in [0.15, 0.2) is 71.5 Å². The average Bonchev–Trinajstić information content (AvgIpc) is 2.76. The van der Waals surface area contributed by atoms with E-state index in [1.165, 1.54) is 17.7 Å². The molecule has 7 heteroatoms. The molecule has 0 amide bonds. The number of non-ortho nitro benzene ring substituents is 1. The van der Waals surface area contributed by atoms with Crippen molar-refractivity contribution in [2.45, 2.75) is 25.7 Å². The molecule has 1 heterocycles. The number of nitrogens with two attached hydrogens (primary N) is 1. The quantitative estimate of drug-likeness (QED) is 0.230. The molecule has 0 spiro atoms. The highest BCUT2D eigenvalue weighted by atomic mass is 16.6. The Morgan fingerprint density at radius 1 is 0.968 bits per heavy atom. The summed E-state index contributed by atoms with van der Waals surface area (Å²) < 4.78 is 0. The molecule has 0 fully saturated rings. The number of anilines is 1. The van der Waals surface area contributed by atoms with Gasteiger partial charge in [0.1, 0.15) is 0 Å². The molecule has 0 bridgehead atoms. The van der Waals surface area contributed by atoms with E-state index in [0.29, 0.717) is 17.7 Å². The first kappa shape index (κ1) is 21.7. The number of nitro benzene ring substituents is 1. The fourth-order valence-electron chi connectivity index (χ4n) is 3.21. The molecule has 7 nitrogen and oxygen atoms in total. The van der Waals surface area contributed by atoms with Crippen LogP contribution in [0.1, 0.15) is 35.2 Å². The van der Waals surface area contributed by atoms with E-state index in [1.807, 2.05) is 24.3 Å². The summed E-state index contributed by atoms with van der Waals surface area (Å²) in [5.74, 6) is 0.0806. The highest BCUT2D eigenvalue weighted by molar-refractivity contribution is 5.58. The number of benzene rings is 2. The SMILES string of the molecule is Nc1nc(/C=C/C=C/c2ccc([N+](=O)[O-])cc2)c(CCCCc2ccccc2)c(=O)[nH]1. The zero-order valence-corrected chi connectivity index (χ0v) is 17.0. The van der Waals surface area contributed by atoms with E-state index in [4.69, 9.17) is 5.73 Å². The van der Waals surface area contributed by atoms with Crippen molar-refractivity contribution in [1.82, 2.24) is 9.97 Å². The van der Waals surface area contributed by atoms with Gasteiger partial charge in [-0.1, -0.05) is 48.6 Å². The molecule has 158 valence electrons. The highest BCUT2D eigenvalue weighted by Crippen LogP contribution is 2.14. The molecule has 0 aliphatic rings. The number of hydrogen-bond donors (Lipinski definition) is 2. The third-order valence-corrected chi connectivity index (χ3v) is 4.81. The minimum Gasteiger partial charge on any atom is -0.369 e. The molecule has 2 aromatic carbocycles. The summed E-state index contributed by atoms with van der Waals surface area (Å²) in [4.78, 5) is 29.5. The predicted octanol–water partition coefficient (Wildman–Crippen LogP) is 4.55. The van der Waals surface area contributed by atoms with Gasteiger partial charge in [0.15, 0.2) is 0 Å². The number of nitrogens with one attached hydrogen (secondary N) is 1. The third kappa shape index (κ3) is 6.50. The van der Waals surface area contributed by atoms with Crippen LogP contribution in [0.2, 0.25) is 0 Å². The molecule has 0 atom stereocenters. The molecule has 3 aromatic rings. The van der Waals surface area contributed by atoms with E-state index < -0.39 is 4.92 Å². The number of nitrogen functional groups attached to an aromatic ring is 1. The Morgan fingerprint density at radius 2 is 1.65 bits per heavy atom. The number of aromatic amines is 1. The van der Waals surface area contributed by atoms with Crippen molar-refractivity contribution in [3.63, 3.8) is 0 Å². The minimum atomic E-state index is -0.433. The molecule has 0 aliphatic carbocycles. The number of unbranched alkanes of at least 4 members (excludes halogenated alkanes) is 1. The fourth-order valence-corrected chi connectivity index (χ4v) is 3.21. The van der Waals surface area contributed by atoms with Crippen LogP contribution in [-0.4, -0.2) is 14.9 Å². The Balaban J connectivity index is 1.64. The van der Waals surface area contributed by atoms with Crippen molar-refractivity contribution < 1.29 is 4.92 Å². The summed E-state index contributed by atoms with van der Waals surface area (Å²) >= 11 is 0. The second kappa shape index (κ2) is 10.7. The molecule has 0 radical (unpaired) electrons. The average molecular weight is 416 g/mol. The molecule has 0 saturated carbocycles. The third-order valence-electron chi connectivity index (χ3n) is 4.81. The van der Waals surface area contributed by atoms with Gasteiger partial charge >= 0.3 is 0 Å². The molecule has 1 aromatic heterocycles. The second-order valence-corrected chi connectivity index (χ2v) is 7.07. The van der Waals surface area contributed by atoms with Gasteiger partial charge in [0.25, 0.3) is 11.2 Å². The Morgan fingerprint density at radius 3 is 2.35 bits per heavy atom. The van der Waals surface area contributed by atoms with Crippen molar-refractivity contribution >= 4 is 23.8 Å². The van der Waals surface area contributed by atoms with Gasteiger partial charge in [0.05, 0.1) is 10.6 Å². The van der Waals surface area contributed by atoms with Gasteiger partial charge in [0, 0.05) is 17.7 Å². The largest absolute Gasteiger partial charge is 0.369 e. The molecule has 3 N–H and O–H groups in total. The van der Waals surface area contributed by atoms with Gasteiger partial charge in [-0.25, -0.2) is 4.98 Å². The number of aromatic nitrogens is 2. The predicted molar refractivity (Wildman–Crippen MR) is 124 cm³/mol. The first-order valence-electron chi connectivity index (χ1n) is 10.0. The van der Waals surface area contributed by atoms with Crippen LogP contribution >= 0.6 is 0 Å².